The van der Waals surface area contributed by atoms with E-state index in [0.29, 0.717) is 28.7 Å². The first-order valence-corrected chi connectivity index (χ1v) is 9.59. The van der Waals surface area contributed by atoms with Gasteiger partial charge in [0.05, 0.1) is 17.6 Å². The van der Waals surface area contributed by atoms with Gasteiger partial charge in [0.15, 0.2) is 0 Å². The molecular formula is C21H21Cl2N3O. The average molecular weight is 402 g/mol. The Morgan fingerprint density at radius 2 is 2.00 bits per heavy atom. The van der Waals surface area contributed by atoms with Crippen LogP contribution in [0.4, 0.5) is 0 Å². The molecule has 27 heavy (non-hydrogen) atoms. The lowest BCUT2D eigenvalue weighted by molar-refractivity contribution is 0.0757. The maximum atomic E-state index is 13.0. The van der Waals surface area contributed by atoms with E-state index < -0.39 is 0 Å². The Morgan fingerprint density at radius 1 is 1.22 bits per heavy atom. The standard InChI is InChI=1S/C21H21Cl2N3O/c1-3-10-25(21(27)15-6-5-7-16(22)12-15)14-20-24-18-9-8-17(23)13-19(18)26(20)11-4-2/h3,5-9,12-13H,1,4,10-11,14H2,2H3. The summed E-state index contributed by atoms with van der Waals surface area (Å²) < 4.78 is 2.13. The highest BCUT2D eigenvalue weighted by molar-refractivity contribution is 6.31. The molecule has 1 heterocycles. The zero-order valence-corrected chi connectivity index (χ0v) is 16.7. The first kappa shape index (κ1) is 19.5. The molecule has 0 N–H and O–H groups in total. The maximum absolute atomic E-state index is 13.0. The molecule has 6 heteroatoms. The number of amides is 1. The topological polar surface area (TPSA) is 38.1 Å². The van der Waals surface area contributed by atoms with Gasteiger partial charge in [-0.1, -0.05) is 42.3 Å². The van der Waals surface area contributed by atoms with Gasteiger partial charge < -0.3 is 9.47 Å². The molecule has 1 amide bonds. The SMILES string of the molecule is C=CCN(Cc1nc2ccc(Cl)cc2n1CCC)C(=O)c1cccc(Cl)c1. The molecular weight excluding hydrogens is 381 g/mol. The predicted octanol–water partition coefficient (Wildman–Crippen LogP) is 5.58. The minimum atomic E-state index is -0.106. The number of rotatable bonds is 7. The maximum Gasteiger partial charge on any atom is 0.254 e. The van der Waals surface area contributed by atoms with Gasteiger partial charge in [0.1, 0.15) is 5.82 Å². The Labute approximate surface area is 169 Å². The van der Waals surface area contributed by atoms with Crippen molar-refractivity contribution in [2.24, 2.45) is 0 Å². The number of nitrogens with zero attached hydrogens (tertiary/aromatic N) is 3. The number of aromatic nitrogens is 2. The van der Waals surface area contributed by atoms with Crippen molar-refractivity contribution in [1.29, 1.82) is 0 Å². The number of carbonyl (C=O) groups is 1. The van der Waals surface area contributed by atoms with Gasteiger partial charge in [0.25, 0.3) is 5.91 Å². The Kier molecular flexibility index (Phi) is 6.19. The third-order valence-electron chi connectivity index (χ3n) is 4.28. The van der Waals surface area contributed by atoms with Crippen LogP contribution in [0.15, 0.2) is 55.1 Å². The molecule has 140 valence electrons. The zero-order chi connectivity index (χ0) is 19.4. The van der Waals surface area contributed by atoms with Crippen LogP contribution >= 0.6 is 23.2 Å². The highest BCUT2D eigenvalue weighted by Crippen LogP contribution is 2.23. The van der Waals surface area contributed by atoms with Gasteiger partial charge in [0, 0.05) is 28.7 Å². The Bertz CT molecular complexity index is 981. The highest BCUT2D eigenvalue weighted by atomic mass is 35.5. The van der Waals surface area contributed by atoms with Gasteiger partial charge in [0.2, 0.25) is 0 Å². The third-order valence-corrected chi connectivity index (χ3v) is 4.75. The monoisotopic (exact) mass is 401 g/mol. The number of benzene rings is 2. The van der Waals surface area contributed by atoms with E-state index in [4.69, 9.17) is 28.2 Å². The molecule has 0 bridgehead atoms. The van der Waals surface area contributed by atoms with E-state index >= 15 is 0 Å². The van der Waals surface area contributed by atoms with Crippen molar-refractivity contribution in [3.05, 3.63) is 76.6 Å². The van der Waals surface area contributed by atoms with Crippen molar-refractivity contribution in [2.75, 3.05) is 6.54 Å². The van der Waals surface area contributed by atoms with Crippen LogP contribution < -0.4 is 0 Å². The van der Waals surface area contributed by atoms with Crippen molar-refractivity contribution in [3.63, 3.8) is 0 Å². The Hall–Kier alpha value is -2.30. The number of hydrogen-bond donors (Lipinski definition) is 0. The van der Waals surface area contributed by atoms with Gasteiger partial charge in [-0.2, -0.15) is 0 Å². The summed E-state index contributed by atoms with van der Waals surface area (Å²) in [7, 11) is 0. The second kappa shape index (κ2) is 8.59. The van der Waals surface area contributed by atoms with E-state index in [1.54, 1.807) is 35.2 Å². The summed E-state index contributed by atoms with van der Waals surface area (Å²) in [5.74, 6) is 0.719. The van der Waals surface area contributed by atoms with Crippen molar-refractivity contribution in [3.8, 4) is 0 Å². The molecule has 0 unspecified atom stereocenters. The van der Waals surface area contributed by atoms with E-state index in [-0.39, 0.29) is 5.91 Å². The summed E-state index contributed by atoms with van der Waals surface area (Å²) in [6.45, 7) is 7.50. The molecule has 4 nitrogen and oxygen atoms in total. The molecule has 0 saturated heterocycles. The molecule has 0 spiro atoms. The second-order valence-corrected chi connectivity index (χ2v) is 7.17. The summed E-state index contributed by atoms with van der Waals surface area (Å²) in [5, 5.41) is 1.21. The van der Waals surface area contributed by atoms with E-state index in [9.17, 15) is 4.79 Å². The predicted molar refractivity (Wildman–Crippen MR) is 111 cm³/mol. The fourth-order valence-electron chi connectivity index (χ4n) is 3.09. The minimum Gasteiger partial charge on any atom is -0.327 e. The van der Waals surface area contributed by atoms with E-state index in [2.05, 4.69) is 18.1 Å². The number of aryl methyl sites for hydroxylation is 1. The fourth-order valence-corrected chi connectivity index (χ4v) is 3.45. The van der Waals surface area contributed by atoms with Crippen molar-refractivity contribution in [1.82, 2.24) is 14.5 Å². The Morgan fingerprint density at radius 3 is 2.70 bits per heavy atom. The second-order valence-electron chi connectivity index (χ2n) is 6.30. The third kappa shape index (κ3) is 4.34. The van der Waals surface area contributed by atoms with Crippen molar-refractivity contribution < 1.29 is 4.79 Å². The number of carbonyl (C=O) groups excluding carboxylic acids is 1. The molecule has 2 aromatic carbocycles. The quantitative estimate of drug-likeness (QED) is 0.484. The van der Waals surface area contributed by atoms with Gasteiger partial charge >= 0.3 is 0 Å². The normalized spacial score (nSPS) is 10.9. The van der Waals surface area contributed by atoms with Gasteiger partial charge in [-0.15, -0.1) is 6.58 Å². The summed E-state index contributed by atoms with van der Waals surface area (Å²) in [6, 6.07) is 12.6. The van der Waals surface area contributed by atoms with Crippen LogP contribution in [-0.2, 0) is 13.1 Å². The van der Waals surface area contributed by atoms with Crippen LogP contribution in [0.5, 0.6) is 0 Å². The first-order chi connectivity index (χ1) is 13.0. The lowest BCUT2D eigenvalue weighted by Gasteiger charge is -2.21. The van der Waals surface area contributed by atoms with Crippen LogP contribution in [0.3, 0.4) is 0 Å². The van der Waals surface area contributed by atoms with Crippen LogP contribution in [0, 0.1) is 0 Å². The average Bonchev–Trinajstić information content (AvgIpc) is 2.98. The summed E-state index contributed by atoms with van der Waals surface area (Å²) in [4.78, 5) is 19.4. The van der Waals surface area contributed by atoms with Gasteiger partial charge in [-0.25, -0.2) is 4.98 Å². The highest BCUT2D eigenvalue weighted by Gasteiger charge is 2.19. The molecule has 0 aliphatic heterocycles. The van der Waals surface area contributed by atoms with Crippen molar-refractivity contribution >= 4 is 40.1 Å². The van der Waals surface area contributed by atoms with Crippen LogP contribution in [0.2, 0.25) is 10.0 Å². The molecule has 3 rings (SSSR count). The largest absolute Gasteiger partial charge is 0.327 e. The molecule has 0 radical (unpaired) electrons. The van der Waals surface area contributed by atoms with Crippen molar-refractivity contribution in [2.45, 2.75) is 26.4 Å². The number of halogens is 2. The minimum absolute atomic E-state index is 0.106. The summed E-state index contributed by atoms with van der Waals surface area (Å²) >= 11 is 12.2. The van der Waals surface area contributed by atoms with E-state index in [0.717, 1.165) is 29.8 Å². The molecule has 0 saturated carbocycles. The molecule has 0 aliphatic carbocycles. The lowest BCUT2D eigenvalue weighted by atomic mass is 10.2. The molecule has 1 aromatic heterocycles. The zero-order valence-electron chi connectivity index (χ0n) is 15.2. The lowest BCUT2D eigenvalue weighted by Crippen LogP contribution is -2.32. The van der Waals surface area contributed by atoms with Crippen LogP contribution in [-0.4, -0.2) is 26.9 Å². The van der Waals surface area contributed by atoms with Gasteiger partial charge in [-0.05, 0) is 42.8 Å². The molecule has 3 aromatic rings. The Balaban J connectivity index is 1.97. The molecule has 0 aliphatic rings. The van der Waals surface area contributed by atoms with Gasteiger partial charge in [-0.3, -0.25) is 4.79 Å². The number of imidazole rings is 1. The summed E-state index contributed by atoms with van der Waals surface area (Å²) in [6.07, 6.45) is 2.67. The summed E-state index contributed by atoms with van der Waals surface area (Å²) in [5.41, 5.74) is 2.40. The molecule has 0 fully saturated rings. The number of fused-ring (bicyclic) bond motifs is 1. The van der Waals surface area contributed by atoms with E-state index in [1.165, 1.54) is 0 Å². The molecule has 0 atom stereocenters. The fraction of sp³-hybridized carbons (Fsp3) is 0.238. The smallest absolute Gasteiger partial charge is 0.254 e. The first-order valence-electron chi connectivity index (χ1n) is 8.84. The van der Waals surface area contributed by atoms with Crippen LogP contribution in [0.1, 0.15) is 29.5 Å². The van der Waals surface area contributed by atoms with E-state index in [1.807, 2.05) is 18.2 Å². The number of hydrogen-bond acceptors (Lipinski definition) is 2. The van der Waals surface area contributed by atoms with Crippen LogP contribution in [0.25, 0.3) is 11.0 Å².